The fourth-order valence-corrected chi connectivity index (χ4v) is 5.59. The molecule has 0 amide bonds. The molecule has 4 unspecified atom stereocenters. The van der Waals surface area contributed by atoms with Gasteiger partial charge in [0.1, 0.15) is 5.60 Å². The molecule has 20 heavy (non-hydrogen) atoms. The summed E-state index contributed by atoms with van der Waals surface area (Å²) in [6, 6.07) is 0. The molecule has 4 saturated carbocycles. The lowest BCUT2D eigenvalue weighted by molar-refractivity contribution is -0.250. The third-order valence-electron chi connectivity index (χ3n) is 5.35. The van der Waals surface area contributed by atoms with E-state index >= 15 is 0 Å². The van der Waals surface area contributed by atoms with Gasteiger partial charge in [0, 0.05) is 18.6 Å². The van der Waals surface area contributed by atoms with E-state index in [9.17, 15) is 4.79 Å². The number of hydrogen-bond acceptors (Lipinski definition) is 3. The van der Waals surface area contributed by atoms with Crippen LogP contribution >= 0.6 is 0 Å². The van der Waals surface area contributed by atoms with Gasteiger partial charge in [-0.2, -0.15) is 0 Å². The van der Waals surface area contributed by atoms with Crippen molar-refractivity contribution in [2.24, 2.45) is 11.3 Å². The van der Waals surface area contributed by atoms with Crippen molar-refractivity contribution in [3.63, 3.8) is 0 Å². The van der Waals surface area contributed by atoms with E-state index in [2.05, 4.69) is 20.4 Å². The molecule has 0 N–H and O–H groups in total. The van der Waals surface area contributed by atoms with Crippen molar-refractivity contribution in [3.8, 4) is 0 Å². The zero-order valence-corrected chi connectivity index (χ0v) is 13.0. The van der Waals surface area contributed by atoms with Crippen molar-refractivity contribution in [1.29, 1.82) is 0 Å². The van der Waals surface area contributed by atoms with Gasteiger partial charge in [-0.15, -0.1) is 0 Å². The minimum absolute atomic E-state index is 0.0573. The number of carbonyl (C=O) groups is 1. The maximum absolute atomic E-state index is 12.0. The van der Waals surface area contributed by atoms with Gasteiger partial charge in [0.2, 0.25) is 0 Å². The van der Waals surface area contributed by atoms with Crippen LogP contribution in [0, 0.1) is 11.3 Å². The maximum atomic E-state index is 12.0. The molecule has 4 aliphatic carbocycles. The Hall–Kier alpha value is -0.830. The lowest BCUT2D eigenvalue weighted by Crippen LogP contribution is -2.64. The maximum Gasteiger partial charge on any atom is 0.333 e. The van der Waals surface area contributed by atoms with Crippen molar-refractivity contribution >= 4 is 5.97 Å². The Kier molecular flexibility index (Phi) is 3.06. The monoisotopic (exact) mass is 278 g/mol. The van der Waals surface area contributed by atoms with Gasteiger partial charge in [0.25, 0.3) is 0 Å². The SMILES string of the molecule is C=C(C)C(=O)OC12CC3CC(C)(CC(OCC)(C3)C1)C2. The van der Waals surface area contributed by atoms with Crippen LogP contribution in [0.2, 0.25) is 0 Å². The molecule has 112 valence electrons. The molecule has 4 fully saturated rings. The lowest BCUT2D eigenvalue weighted by Gasteiger charge is -2.64. The van der Waals surface area contributed by atoms with Gasteiger partial charge >= 0.3 is 5.97 Å². The van der Waals surface area contributed by atoms with E-state index in [1.54, 1.807) is 6.92 Å². The van der Waals surface area contributed by atoms with Gasteiger partial charge in [-0.1, -0.05) is 13.5 Å². The quantitative estimate of drug-likeness (QED) is 0.582. The first kappa shape index (κ1) is 14.1. The highest BCUT2D eigenvalue weighted by molar-refractivity contribution is 5.87. The van der Waals surface area contributed by atoms with Crippen LogP contribution in [0.4, 0.5) is 0 Å². The van der Waals surface area contributed by atoms with E-state index in [-0.39, 0.29) is 22.6 Å². The first-order valence-corrected chi connectivity index (χ1v) is 7.82. The second-order valence-electron chi connectivity index (χ2n) is 7.79. The average molecular weight is 278 g/mol. The van der Waals surface area contributed by atoms with Crippen molar-refractivity contribution < 1.29 is 14.3 Å². The first-order chi connectivity index (χ1) is 9.29. The van der Waals surface area contributed by atoms with Gasteiger partial charge in [-0.25, -0.2) is 4.79 Å². The highest BCUT2D eigenvalue weighted by atomic mass is 16.6. The predicted molar refractivity (Wildman–Crippen MR) is 77.3 cm³/mol. The van der Waals surface area contributed by atoms with E-state index in [1.165, 1.54) is 6.42 Å². The van der Waals surface area contributed by atoms with Gasteiger partial charge in [-0.3, -0.25) is 0 Å². The van der Waals surface area contributed by atoms with Gasteiger partial charge in [0.15, 0.2) is 0 Å². The standard InChI is InChI=1S/C17H26O3/c1-5-19-16-7-13-6-15(4,9-16)10-17(8-13,11-16)20-14(18)12(2)3/h13H,2,5-11H2,1,3-4H3. The molecule has 0 aliphatic heterocycles. The van der Waals surface area contributed by atoms with E-state index in [4.69, 9.17) is 9.47 Å². The van der Waals surface area contributed by atoms with Crippen LogP contribution in [0.1, 0.15) is 59.3 Å². The third-order valence-corrected chi connectivity index (χ3v) is 5.35. The van der Waals surface area contributed by atoms with E-state index in [1.807, 2.05) is 0 Å². The van der Waals surface area contributed by atoms with Crippen molar-refractivity contribution in [2.75, 3.05) is 6.61 Å². The van der Waals surface area contributed by atoms with Gasteiger partial charge in [-0.05, 0) is 57.3 Å². The number of ether oxygens (including phenoxy) is 2. The Bertz CT molecular complexity index is 457. The summed E-state index contributed by atoms with van der Waals surface area (Å²) in [6.07, 6.45) is 6.40. The summed E-state index contributed by atoms with van der Waals surface area (Å²) in [7, 11) is 0. The third kappa shape index (κ3) is 2.20. The molecule has 4 bridgehead atoms. The molecule has 0 radical (unpaired) electrons. The van der Waals surface area contributed by atoms with Crippen LogP contribution in [0.5, 0.6) is 0 Å². The highest BCUT2D eigenvalue weighted by Crippen LogP contribution is 2.65. The van der Waals surface area contributed by atoms with Gasteiger partial charge in [0.05, 0.1) is 5.60 Å². The smallest absolute Gasteiger partial charge is 0.333 e. The fourth-order valence-electron chi connectivity index (χ4n) is 5.59. The molecule has 0 heterocycles. The summed E-state index contributed by atoms with van der Waals surface area (Å²) >= 11 is 0. The van der Waals surface area contributed by atoms with Crippen LogP contribution in [0.25, 0.3) is 0 Å². The van der Waals surface area contributed by atoms with E-state index < -0.39 is 0 Å². The summed E-state index contributed by atoms with van der Waals surface area (Å²) in [5.41, 5.74) is 0.401. The number of carbonyl (C=O) groups excluding carboxylic acids is 1. The molecule has 0 aromatic carbocycles. The summed E-state index contributed by atoms with van der Waals surface area (Å²) in [5.74, 6) is 0.405. The second-order valence-corrected chi connectivity index (χ2v) is 7.79. The zero-order chi connectivity index (χ0) is 14.6. The number of esters is 1. The Labute approximate surface area is 121 Å². The van der Waals surface area contributed by atoms with Crippen LogP contribution in [0.15, 0.2) is 12.2 Å². The highest BCUT2D eigenvalue weighted by Gasteiger charge is 2.64. The molecule has 4 atom stereocenters. The molecule has 0 saturated heterocycles. The molecule has 0 spiro atoms. The van der Waals surface area contributed by atoms with Crippen molar-refractivity contribution in [3.05, 3.63) is 12.2 Å². The van der Waals surface area contributed by atoms with E-state index in [0.29, 0.717) is 11.5 Å². The molecule has 0 aromatic heterocycles. The average Bonchev–Trinajstić information content (AvgIpc) is 2.23. The lowest BCUT2D eigenvalue weighted by atomic mass is 9.46. The minimum Gasteiger partial charge on any atom is -0.456 e. The Morgan fingerprint density at radius 1 is 1.20 bits per heavy atom. The fraction of sp³-hybridized carbons (Fsp3) is 0.824. The molecular weight excluding hydrogens is 252 g/mol. The van der Waals surface area contributed by atoms with Crippen LogP contribution in [-0.2, 0) is 14.3 Å². The normalized spacial score (nSPS) is 45.5. The van der Waals surface area contributed by atoms with E-state index in [0.717, 1.165) is 38.7 Å². The Morgan fingerprint density at radius 3 is 2.45 bits per heavy atom. The molecule has 4 aliphatic rings. The molecular formula is C17H26O3. The van der Waals surface area contributed by atoms with Crippen molar-refractivity contribution in [2.45, 2.75) is 70.5 Å². The number of rotatable bonds is 4. The molecule has 3 heteroatoms. The number of hydrogen-bond donors (Lipinski definition) is 0. The Balaban J connectivity index is 1.89. The van der Waals surface area contributed by atoms with Crippen LogP contribution in [0.3, 0.4) is 0 Å². The second kappa shape index (κ2) is 4.33. The van der Waals surface area contributed by atoms with Crippen LogP contribution in [-0.4, -0.2) is 23.8 Å². The Morgan fingerprint density at radius 2 is 1.85 bits per heavy atom. The molecule has 0 aromatic rings. The molecule has 3 nitrogen and oxygen atoms in total. The minimum atomic E-state index is -0.306. The van der Waals surface area contributed by atoms with Crippen LogP contribution < -0.4 is 0 Å². The summed E-state index contributed by atoms with van der Waals surface area (Å²) in [4.78, 5) is 12.0. The summed E-state index contributed by atoms with van der Waals surface area (Å²) in [5, 5.41) is 0. The first-order valence-electron chi connectivity index (χ1n) is 7.82. The molecule has 4 rings (SSSR count). The summed E-state index contributed by atoms with van der Waals surface area (Å²) in [6.45, 7) is 10.6. The summed E-state index contributed by atoms with van der Waals surface area (Å²) < 4.78 is 12.1. The van der Waals surface area contributed by atoms with Crippen molar-refractivity contribution in [1.82, 2.24) is 0 Å². The predicted octanol–water partition coefficient (Wildman–Crippen LogP) is 3.62. The van der Waals surface area contributed by atoms with Gasteiger partial charge < -0.3 is 9.47 Å². The zero-order valence-electron chi connectivity index (χ0n) is 13.0. The largest absolute Gasteiger partial charge is 0.456 e. The topological polar surface area (TPSA) is 35.5 Å².